The van der Waals surface area contributed by atoms with Gasteiger partial charge in [0.05, 0.1) is 6.10 Å². The minimum atomic E-state index is 0.174. The van der Waals surface area contributed by atoms with Gasteiger partial charge < -0.3 is 20.3 Å². The third-order valence-electron chi connectivity index (χ3n) is 8.76. The topological polar surface area (TPSA) is 53.6 Å². The van der Waals surface area contributed by atoms with Crippen molar-refractivity contribution in [2.75, 3.05) is 33.8 Å². The van der Waals surface area contributed by atoms with Crippen LogP contribution in [-0.2, 0) is 4.74 Å². The van der Waals surface area contributed by atoms with E-state index < -0.39 is 0 Å². The third kappa shape index (κ3) is 9.39. The molecule has 3 fully saturated rings. The lowest BCUT2D eigenvalue weighted by Gasteiger charge is -2.35. The fourth-order valence-electron chi connectivity index (χ4n) is 6.85. The molecule has 1 heterocycles. The zero-order chi connectivity index (χ0) is 23.3. The molecule has 3 aliphatic rings. The van der Waals surface area contributed by atoms with Crippen LogP contribution in [0, 0.1) is 17.8 Å². The number of nitrogens with one attached hydrogen (secondary N) is 2. The standard InChI is InChI=1S/C28H53N3O2/c1-29-21-26(20-23-12-5-3-6-13-23)30-28(32)31-19-11-15-24(22-31)14-9-10-18-27(33-2)25-16-7-4-8-17-25/h23-27,29H,3-22H2,1-2H3,(H,30,32). The van der Waals surface area contributed by atoms with Crippen molar-refractivity contribution < 1.29 is 9.53 Å². The van der Waals surface area contributed by atoms with Gasteiger partial charge in [-0.1, -0.05) is 64.2 Å². The van der Waals surface area contributed by atoms with E-state index >= 15 is 0 Å². The molecule has 192 valence electrons. The molecule has 5 nitrogen and oxygen atoms in total. The molecule has 0 bridgehead atoms. The minimum Gasteiger partial charge on any atom is -0.381 e. The first kappa shape index (κ1) is 26.8. The van der Waals surface area contributed by atoms with Crippen LogP contribution in [0.5, 0.6) is 0 Å². The van der Waals surface area contributed by atoms with Gasteiger partial charge in [0.15, 0.2) is 0 Å². The number of carbonyl (C=O) groups excluding carboxylic acids is 1. The summed E-state index contributed by atoms with van der Waals surface area (Å²) in [5.41, 5.74) is 0. The molecule has 33 heavy (non-hydrogen) atoms. The van der Waals surface area contributed by atoms with Crippen LogP contribution in [0.1, 0.15) is 109 Å². The van der Waals surface area contributed by atoms with Gasteiger partial charge in [0.25, 0.3) is 0 Å². The number of ether oxygens (including phenoxy) is 1. The van der Waals surface area contributed by atoms with E-state index in [-0.39, 0.29) is 12.1 Å². The summed E-state index contributed by atoms with van der Waals surface area (Å²) < 4.78 is 5.88. The van der Waals surface area contributed by atoms with Gasteiger partial charge in [-0.25, -0.2) is 4.79 Å². The highest BCUT2D eigenvalue weighted by Gasteiger charge is 2.27. The lowest BCUT2D eigenvalue weighted by Crippen LogP contribution is -2.51. The van der Waals surface area contributed by atoms with Gasteiger partial charge in [-0.2, -0.15) is 0 Å². The summed E-state index contributed by atoms with van der Waals surface area (Å²) in [6, 6.07) is 0.434. The molecule has 0 radical (unpaired) electrons. The zero-order valence-electron chi connectivity index (χ0n) is 21.8. The molecule has 2 saturated carbocycles. The first-order valence-electron chi connectivity index (χ1n) is 14.4. The molecule has 3 rings (SSSR count). The van der Waals surface area contributed by atoms with Crippen molar-refractivity contribution in [2.45, 2.75) is 121 Å². The maximum Gasteiger partial charge on any atom is 0.317 e. The Morgan fingerprint density at radius 2 is 1.64 bits per heavy atom. The van der Waals surface area contributed by atoms with Gasteiger partial charge in [-0.3, -0.25) is 0 Å². The Labute approximate surface area is 204 Å². The van der Waals surface area contributed by atoms with Crippen LogP contribution >= 0.6 is 0 Å². The van der Waals surface area contributed by atoms with E-state index in [2.05, 4.69) is 15.5 Å². The van der Waals surface area contributed by atoms with Crippen molar-refractivity contribution in [1.82, 2.24) is 15.5 Å². The normalized spacial score (nSPS) is 25.0. The van der Waals surface area contributed by atoms with E-state index in [1.54, 1.807) is 0 Å². The van der Waals surface area contributed by atoms with Crippen LogP contribution in [0.25, 0.3) is 0 Å². The first-order chi connectivity index (χ1) is 16.2. The SMILES string of the molecule is CNCC(CC1CCCCC1)NC(=O)N1CCCC(CCCCC(OC)C2CCCCC2)C1. The zero-order valence-corrected chi connectivity index (χ0v) is 21.8. The number of nitrogens with zero attached hydrogens (tertiary/aromatic N) is 1. The number of likely N-dealkylation sites (tertiary alicyclic amines) is 1. The number of piperidine rings is 1. The summed E-state index contributed by atoms with van der Waals surface area (Å²) in [7, 11) is 3.91. The summed E-state index contributed by atoms with van der Waals surface area (Å²) in [5, 5.41) is 6.69. The molecule has 3 atom stereocenters. The number of unbranched alkanes of at least 4 members (excludes halogenated alkanes) is 1. The second-order valence-corrected chi connectivity index (χ2v) is 11.4. The highest BCUT2D eigenvalue weighted by atomic mass is 16.5. The quantitative estimate of drug-likeness (QED) is 0.343. The van der Waals surface area contributed by atoms with E-state index in [0.717, 1.165) is 44.3 Å². The summed E-state index contributed by atoms with van der Waals surface area (Å²) in [6.45, 7) is 2.74. The second kappa shape index (κ2) is 15.2. The van der Waals surface area contributed by atoms with Gasteiger partial charge in [0.1, 0.15) is 0 Å². The fraction of sp³-hybridized carbons (Fsp3) is 0.964. The Balaban J connectivity index is 1.36. The van der Waals surface area contributed by atoms with Crippen LogP contribution in [0.3, 0.4) is 0 Å². The monoisotopic (exact) mass is 463 g/mol. The highest BCUT2D eigenvalue weighted by Crippen LogP contribution is 2.31. The average Bonchev–Trinajstić information content (AvgIpc) is 2.85. The smallest absolute Gasteiger partial charge is 0.317 e. The van der Waals surface area contributed by atoms with Crippen LogP contribution in [-0.4, -0.2) is 56.9 Å². The van der Waals surface area contributed by atoms with E-state index in [1.807, 2.05) is 14.2 Å². The Bertz CT molecular complexity index is 531. The van der Waals surface area contributed by atoms with E-state index in [4.69, 9.17) is 4.74 Å². The molecular weight excluding hydrogens is 410 g/mol. The molecule has 2 N–H and O–H groups in total. The van der Waals surface area contributed by atoms with Gasteiger partial charge in [-0.05, 0) is 69.7 Å². The molecular formula is C28H53N3O2. The van der Waals surface area contributed by atoms with Gasteiger partial charge in [0, 0.05) is 32.8 Å². The first-order valence-corrected chi connectivity index (χ1v) is 14.4. The Kier molecular flexibility index (Phi) is 12.4. The van der Waals surface area contributed by atoms with Crippen LogP contribution < -0.4 is 10.6 Å². The molecule has 1 aliphatic heterocycles. The van der Waals surface area contributed by atoms with Crippen molar-refractivity contribution in [3.63, 3.8) is 0 Å². The minimum absolute atomic E-state index is 0.174. The van der Waals surface area contributed by atoms with Crippen molar-refractivity contribution in [1.29, 1.82) is 0 Å². The Morgan fingerprint density at radius 3 is 2.33 bits per heavy atom. The molecule has 1 saturated heterocycles. The Morgan fingerprint density at radius 1 is 0.939 bits per heavy atom. The van der Waals surface area contributed by atoms with Crippen LogP contribution in [0.4, 0.5) is 4.79 Å². The van der Waals surface area contributed by atoms with Crippen LogP contribution in [0.2, 0.25) is 0 Å². The molecule has 0 aromatic heterocycles. The number of hydrogen-bond donors (Lipinski definition) is 2. The number of rotatable bonds is 12. The molecule has 0 aromatic carbocycles. The number of carbonyl (C=O) groups is 1. The summed E-state index contributed by atoms with van der Waals surface area (Å²) in [4.78, 5) is 15.2. The van der Waals surface area contributed by atoms with Gasteiger partial charge in [0.2, 0.25) is 0 Å². The summed E-state index contributed by atoms with van der Waals surface area (Å²) in [6.07, 6.45) is 22.8. The van der Waals surface area contributed by atoms with Gasteiger partial charge >= 0.3 is 6.03 Å². The average molecular weight is 464 g/mol. The van der Waals surface area contributed by atoms with E-state index in [0.29, 0.717) is 12.0 Å². The van der Waals surface area contributed by atoms with Crippen molar-refractivity contribution in [3.8, 4) is 0 Å². The maximum atomic E-state index is 13.1. The number of likely N-dealkylation sites (N-methyl/N-ethyl adjacent to an activating group) is 1. The molecule has 0 spiro atoms. The summed E-state index contributed by atoms with van der Waals surface area (Å²) >= 11 is 0. The van der Waals surface area contributed by atoms with Crippen molar-refractivity contribution >= 4 is 6.03 Å². The van der Waals surface area contributed by atoms with Gasteiger partial charge in [-0.15, -0.1) is 0 Å². The molecule has 0 aromatic rings. The number of amides is 2. The highest BCUT2D eigenvalue weighted by molar-refractivity contribution is 5.74. The number of hydrogen-bond acceptors (Lipinski definition) is 3. The largest absolute Gasteiger partial charge is 0.381 e. The predicted octanol–water partition coefficient (Wildman–Crippen LogP) is 6.12. The van der Waals surface area contributed by atoms with E-state index in [9.17, 15) is 4.79 Å². The van der Waals surface area contributed by atoms with Crippen molar-refractivity contribution in [3.05, 3.63) is 0 Å². The molecule has 3 unspecified atom stereocenters. The predicted molar refractivity (Wildman–Crippen MR) is 138 cm³/mol. The fourth-order valence-corrected chi connectivity index (χ4v) is 6.85. The summed E-state index contributed by atoms with van der Waals surface area (Å²) in [5.74, 6) is 2.24. The maximum absolute atomic E-state index is 13.1. The van der Waals surface area contributed by atoms with E-state index in [1.165, 1.54) is 96.3 Å². The van der Waals surface area contributed by atoms with Crippen LogP contribution in [0.15, 0.2) is 0 Å². The second-order valence-electron chi connectivity index (χ2n) is 11.4. The Hall–Kier alpha value is -0.810. The number of methoxy groups -OCH3 is 1. The lowest BCUT2D eigenvalue weighted by molar-refractivity contribution is 0.0282. The third-order valence-corrected chi connectivity index (χ3v) is 8.76. The number of urea groups is 1. The molecule has 5 heteroatoms. The molecule has 2 aliphatic carbocycles. The lowest BCUT2D eigenvalue weighted by atomic mass is 9.83. The van der Waals surface area contributed by atoms with Crippen molar-refractivity contribution in [2.24, 2.45) is 17.8 Å². The molecule has 2 amide bonds.